The monoisotopic (exact) mass is 262 g/mol. The Hall–Kier alpha value is -0.780. The molecule has 0 aliphatic heterocycles. The normalized spacial score (nSPS) is 11.4. The van der Waals surface area contributed by atoms with Gasteiger partial charge in [-0.1, -0.05) is 18.5 Å². The maximum Gasteiger partial charge on any atom is 0.242 e. The summed E-state index contributed by atoms with van der Waals surface area (Å²) in [6, 6.07) is 4.76. The maximum absolute atomic E-state index is 11.9. The van der Waals surface area contributed by atoms with Gasteiger partial charge in [0.25, 0.3) is 0 Å². The van der Waals surface area contributed by atoms with Gasteiger partial charge in [0.05, 0.1) is 5.69 Å². The molecule has 0 radical (unpaired) electrons. The zero-order chi connectivity index (χ0) is 12.2. The Kier molecular flexibility index (Phi) is 4.58. The molecule has 90 valence electrons. The summed E-state index contributed by atoms with van der Waals surface area (Å²) in [4.78, 5) is 0.184. The molecule has 6 heteroatoms. The number of anilines is 1. The SMILES string of the molecule is CCNc1ccc(Cl)cc1S(=O)(=O)NCC. The van der Waals surface area contributed by atoms with Gasteiger partial charge in [-0.05, 0) is 25.1 Å². The van der Waals surface area contributed by atoms with Crippen molar-refractivity contribution >= 4 is 27.3 Å². The Morgan fingerprint density at radius 2 is 1.94 bits per heavy atom. The van der Waals surface area contributed by atoms with E-state index < -0.39 is 10.0 Å². The number of hydrogen-bond acceptors (Lipinski definition) is 3. The van der Waals surface area contributed by atoms with E-state index in [-0.39, 0.29) is 4.90 Å². The molecule has 0 heterocycles. The second-order valence-electron chi connectivity index (χ2n) is 3.17. The van der Waals surface area contributed by atoms with Crippen molar-refractivity contribution in [2.45, 2.75) is 18.7 Å². The van der Waals surface area contributed by atoms with Crippen LogP contribution in [-0.4, -0.2) is 21.5 Å². The van der Waals surface area contributed by atoms with Gasteiger partial charge in [-0.2, -0.15) is 0 Å². The minimum atomic E-state index is -3.48. The van der Waals surface area contributed by atoms with E-state index in [2.05, 4.69) is 10.0 Å². The van der Waals surface area contributed by atoms with Gasteiger partial charge in [0, 0.05) is 18.1 Å². The van der Waals surface area contributed by atoms with Crippen molar-refractivity contribution in [2.24, 2.45) is 0 Å². The van der Waals surface area contributed by atoms with Crippen LogP contribution in [0.4, 0.5) is 5.69 Å². The summed E-state index contributed by atoms with van der Waals surface area (Å²) in [5.41, 5.74) is 0.563. The molecule has 0 aromatic heterocycles. The summed E-state index contributed by atoms with van der Waals surface area (Å²) >= 11 is 5.80. The van der Waals surface area contributed by atoms with Crippen molar-refractivity contribution < 1.29 is 8.42 Å². The van der Waals surface area contributed by atoms with E-state index >= 15 is 0 Å². The van der Waals surface area contributed by atoms with E-state index in [4.69, 9.17) is 11.6 Å². The lowest BCUT2D eigenvalue weighted by Crippen LogP contribution is -2.24. The predicted octanol–water partition coefficient (Wildman–Crippen LogP) is 2.07. The zero-order valence-corrected chi connectivity index (χ0v) is 10.8. The molecule has 0 amide bonds. The number of nitrogens with one attached hydrogen (secondary N) is 2. The molecule has 2 N–H and O–H groups in total. The van der Waals surface area contributed by atoms with Crippen molar-refractivity contribution in [1.29, 1.82) is 0 Å². The lowest BCUT2D eigenvalue weighted by Gasteiger charge is -2.11. The summed E-state index contributed by atoms with van der Waals surface area (Å²) in [6.45, 7) is 4.63. The first kappa shape index (κ1) is 13.3. The number of sulfonamides is 1. The lowest BCUT2D eigenvalue weighted by atomic mass is 10.3. The molecular formula is C10H15ClN2O2S. The van der Waals surface area contributed by atoms with Crippen LogP contribution < -0.4 is 10.0 Å². The zero-order valence-electron chi connectivity index (χ0n) is 9.25. The quantitative estimate of drug-likeness (QED) is 0.854. The third-order valence-electron chi connectivity index (χ3n) is 1.93. The highest BCUT2D eigenvalue weighted by Crippen LogP contribution is 2.24. The van der Waals surface area contributed by atoms with E-state index in [9.17, 15) is 8.42 Å². The van der Waals surface area contributed by atoms with Gasteiger partial charge in [-0.25, -0.2) is 13.1 Å². The number of hydrogen-bond donors (Lipinski definition) is 2. The molecule has 0 unspecified atom stereocenters. The van der Waals surface area contributed by atoms with Crippen LogP contribution in [0.25, 0.3) is 0 Å². The Balaban J connectivity index is 3.24. The average molecular weight is 263 g/mol. The van der Waals surface area contributed by atoms with Gasteiger partial charge in [-0.3, -0.25) is 0 Å². The summed E-state index contributed by atoms with van der Waals surface area (Å²) in [5, 5.41) is 3.39. The van der Waals surface area contributed by atoms with Crippen LogP contribution in [0.3, 0.4) is 0 Å². The Morgan fingerprint density at radius 3 is 2.50 bits per heavy atom. The Morgan fingerprint density at radius 1 is 1.25 bits per heavy atom. The summed E-state index contributed by atoms with van der Waals surface area (Å²) in [7, 11) is -3.48. The maximum atomic E-state index is 11.9. The van der Waals surface area contributed by atoms with E-state index in [1.165, 1.54) is 6.07 Å². The average Bonchev–Trinajstić information content (AvgIpc) is 2.21. The van der Waals surface area contributed by atoms with Crippen LogP contribution in [0, 0.1) is 0 Å². The highest BCUT2D eigenvalue weighted by Gasteiger charge is 2.17. The van der Waals surface area contributed by atoms with E-state index in [0.717, 1.165) is 0 Å². The van der Waals surface area contributed by atoms with Gasteiger partial charge in [0.15, 0.2) is 0 Å². The van der Waals surface area contributed by atoms with Crippen molar-refractivity contribution in [3.8, 4) is 0 Å². The standard InChI is InChI=1S/C10H15ClN2O2S/c1-3-12-9-6-5-8(11)7-10(9)16(14,15)13-4-2/h5-7,12-13H,3-4H2,1-2H3. The fourth-order valence-corrected chi connectivity index (χ4v) is 2.81. The van der Waals surface area contributed by atoms with Crippen LogP contribution in [-0.2, 0) is 10.0 Å². The third-order valence-corrected chi connectivity index (χ3v) is 3.76. The Bertz CT molecular complexity index is 460. The molecule has 16 heavy (non-hydrogen) atoms. The molecule has 0 fully saturated rings. The molecule has 1 aromatic carbocycles. The fraction of sp³-hybridized carbons (Fsp3) is 0.400. The topological polar surface area (TPSA) is 58.2 Å². The molecule has 0 spiro atoms. The summed E-state index contributed by atoms with van der Waals surface area (Å²) in [6.07, 6.45) is 0. The van der Waals surface area contributed by atoms with Gasteiger partial charge in [0.2, 0.25) is 10.0 Å². The molecule has 0 bridgehead atoms. The van der Waals surface area contributed by atoms with E-state index in [1.54, 1.807) is 19.1 Å². The molecule has 0 atom stereocenters. The van der Waals surface area contributed by atoms with Gasteiger partial charge >= 0.3 is 0 Å². The highest BCUT2D eigenvalue weighted by molar-refractivity contribution is 7.89. The largest absolute Gasteiger partial charge is 0.384 e. The third kappa shape index (κ3) is 3.10. The van der Waals surface area contributed by atoms with E-state index in [0.29, 0.717) is 23.8 Å². The van der Waals surface area contributed by atoms with Crippen molar-refractivity contribution in [1.82, 2.24) is 4.72 Å². The number of halogens is 1. The molecule has 0 saturated heterocycles. The number of benzene rings is 1. The smallest absolute Gasteiger partial charge is 0.242 e. The highest BCUT2D eigenvalue weighted by atomic mass is 35.5. The minimum Gasteiger partial charge on any atom is -0.384 e. The van der Waals surface area contributed by atoms with Crippen molar-refractivity contribution in [3.05, 3.63) is 23.2 Å². The first-order valence-electron chi connectivity index (χ1n) is 5.04. The first-order chi connectivity index (χ1) is 7.51. The van der Waals surface area contributed by atoms with Crippen LogP contribution in [0.15, 0.2) is 23.1 Å². The van der Waals surface area contributed by atoms with Crippen LogP contribution in [0.1, 0.15) is 13.8 Å². The van der Waals surface area contributed by atoms with Crippen molar-refractivity contribution in [3.63, 3.8) is 0 Å². The fourth-order valence-electron chi connectivity index (χ4n) is 1.32. The van der Waals surface area contributed by atoms with Crippen LogP contribution >= 0.6 is 11.6 Å². The first-order valence-corrected chi connectivity index (χ1v) is 6.90. The van der Waals surface area contributed by atoms with Gasteiger partial charge < -0.3 is 5.32 Å². The molecule has 0 aliphatic carbocycles. The van der Waals surface area contributed by atoms with Gasteiger partial charge in [0.1, 0.15) is 4.90 Å². The van der Waals surface area contributed by atoms with E-state index in [1.807, 2.05) is 6.92 Å². The van der Waals surface area contributed by atoms with Crippen molar-refractivity contribution in [2.75, 3.05) is 18.4 Å². The second-order valence-corrected chi connectivity index (χ2v) is 5.34. The minimum absolute atomic E-state index is 0.184. The lowest BCUT2D eigenvalue weighted by molar-refractivity contribution is 0.584. The Labute approximate surface area is 101 Å². The molecular weight excluding hydrogens is 248 g/mol. The molecule has 0 saturated carbocycles. The summed E-state index contributed by atoms with van der Waals surface area (Å²) < 4.78 is 26.2. The summed E-state index contributed by atoms with van der Waals surface area (Å²) in [5.74, 6) is 0. The number of rotatable bonds is 5. The molecule has 0 aliphatic rings. The molecule has 4 nitrogen and oxygen atoms in total. The van der Waals surface area contributed by atoms with Crippen LogP contribution in [0.5, 0.6) is 0 Å². The second kappa shape index (κ2) is 5.52. The molecule has 1 rings (SSSR count). The van der Waals surface area contributed by atoms with Crippen LogP contribution in [0.2, 0.25) is 5.02 Å². The molecule has 1 aromatic rings. The van der Waals surface area contributed by atoms with Gasteiger partial charge in [-0.15, -0.1) is 0 Å². The predicted molar refractivity (Wildman–Crippen MR) is 66.5 cm³/mol.